The molecule has 0 aliphatic carbocycles. The Hall–Kier alpha value is -2.66. The van der Waals surface area contributed by atoms with Crippen LogP contribution in [0.2, 0.25) is 0 Å². The summed E-state index contributed by atoms with van der Waals surface area (Å²) in [6, 6.07) is 19.9. The zero-order valence-electron chi connectivity index (χ0n) is 13.0. The number of rotatable bonds is 4. The number of sulfonamides is 1. The van der Waals surface area contributed by atoms with Crippen molar-refractivity contribution in [3.05, 3.63) is 84.2 Å². The average molecular weight is 341 g/mol. The molecule has 0 fully saturated rings. The molecule has 3 aromatic rings. The van der Waals surface area contributed by atoms with Crippen LogP contribution in [-0.2, 0) is 10.0 Å². The van der Waals surface area contributed by atoms with Crippen molar-refractivity contribution < 1.29 is 12.8 Å². The van der Waals surface area contributed by atoms with Crippen LogP contribution in [0.3, 0.4) is 0 Å². The normalized spacial score (nSPS) is 11.2. The van der Waals surface area contributed by atoms with E-state index < -0.39 is 10.0 Å². The fourth-order valence-corrected chi connectivity index (χ4v) is 3.49. The molecule has 24 heavy (non-hydrogen) atoms. The van der Waals surface area contributed by atoms with E-state index in [4.69, 9.17) is 0 Å². The molecule has 0 aliphatic heterocycles. The molecule has 0 amide bonds. The monoisotopic (exact) mass is 341 g/mol. The van der Waals surface area contributed by atoms with Crippen molar-refractivity contribution in [3.63, 3.8) is 0 Å². The van der Waals surface area contributed by atoms with Crippen LogP contribution in [0.15, 0.2) is 77.7 Å². The quantitative estimate of drug-likeness (QED) is 0.754. The standard InChI is InChI=1S/C19H16FNO2S/c1-14-11-12-15(13-18(14)20)17-9-5-6-10-19(17)21-24(22,23)16-7-3-2-4-8-16/h2-13,21H,1H3. The molecule has 0 saturated carbocycles. The maximum atomic E-state index is 13.9. The maximum absolute atomic E-state index is 13.9. The van der Waals surface area contributed by atoms with Gasteiger partial charge in [-0.1, -0.05) is 48.5 Å². The molecule has 3 nitrogen and oxygen atoms in total. The number of hydrogen-bond acceptors (Lipinski definition) is 2. The summed E-state index contributed by atoms with van der Waals surface area (Å²) in [4.78, 5) is 0.176. The van der Waals surface area contributed by atoms with Crippen molar-refractivity contribution >= 4 is 15.7 Å². The zero-order valence-corrected chi connectivity index (χ0v) is 13.8. The third kappa shape index (κ3) is 3.31. The van der Waals surface area contributed by atoms with Crippen molar-refractivity contribution in [2.75, 3.05) is 4.72 Å². The Labute approximate surface area is 140 Å². The minimum Gasteiger partial charge on any atom is -0.279 e. The number of para-hydroxylation sites is 1. The van der Waals surface area contributed by atoms with Crippen molar-refractivity contribution in [3.8, 4) is 11.1 Å². The van der Waals surface area contributed by atoms with E-state index in [1.165, 1.54) is 18.2 Å². The van der Waals surface area contributed by atoms with E-state index in [-0.39, 0.29) is 10.7 Å². The molecular formula is C19H16FNO2S. The predicted molar refractivity (Wildman–Crippen MR) is 93.8 cm³/mol. The highest BCUT2D eigenvalue weighted by atomic mass is 32.2. The van der Waals surface area contributed by atoms with E-state index >= 15 is 0 Å². The summed E-state index contributed by atoms with van der Waals surface area (Å²) in [6.07, 6.45) is 0. The molecule has 1 N–H and O–H groups in total. The van der Waals surface area contributed by atoms with Gasteiger partial charge in [-0.05, 0) is 42.3 Å². The number of halogens is 1. The molecule has 0 radical (unpaired) electrons. The molecule has 5 heteroatoms. The minimum absolute atomic E-state index is 0.176. The van der Waals surface area contributed by atoms with Crippen LogP contribution < -0.4 is 4.72 Å². The van der Waals surface area contributed by atoms with E-state index in [0.29, 0.717) is 22.4 Å². The van der Waals surface area contributed by atoms with E-state index in [0.717, 1.165) is 0 Å². The summed E-state index contributed by atoms with van der Waals surface area (Å²) in [5.74, 6) is -0.326. The fraction of sp³-hybridized carbons (Fsp3) is 0.0526. The molecule has 122 valence electrons. The second-order valence-corrected chi connectivity index (χ2v) is 7.11. The largest absolute Gasteiger partial charge is 0.279 e. The van der Waals surface area contributed by atoms with Crippen LogP contribution in [0.25, 0.3) is 11.1 Å². The zero-order chi connectivity index (χ0) is 17.2. The highest BCUT2D eigenvalue weighted by molar-refractivity contribution is 7.92. The van der Waals surface area contributed by atoms with Gasteiger partial charge in [0.05, 0.1) is 10.6 Å². The molecule has 0 heterocycles. The van der Waals surface area contributed by atoms with Crippen molar-refractivity contribution in [2.24, 2.45) is 0 Å². The number of benzene rings is 3. The average Bonchev–Trinajstić information content (AvgIpc) is 2.58. The molecule has 0 spiro atoms. The van der Waals surface area contributed by atoms with Gasteiger partial charge in [0.25, 0.3) is 10.0 Å². The molecule has 3 aromatic carbocycles. The SMILES string of the molecule is Cc1ccc(-c2ccccc2NS(=O)(=O)c2ccccc2)cc1F. The van der Waals surface area contributed by atoms with Crippen LogP contribution in [0.5, 0.6) is 0 Å². The van der Waals surface area contributed by atoms with Gasteiger partial charge in [-0.3, -0.25) is 4.72 Å². The van der Waals surface area contributed by atoms with Crippen molar-refractivity contribution in [1.29, 1.82) is 0 Å². The van der Waals surface area contributed by atoms with Gasteiger partial charge in [0.2, 0.25) is 0 Å². The molecule has 0 atom stereocenters. The molecule has 0 unspecified atom stereocenters. The Balaban J connectivity index is 2.03. The summed E-state index contributed by atoms with van der Waals surface area (Å²) in [5.41, 5.74) is 2.19. The first-order valence-electron chi connectivity index (χ1n) is 7.41. The first-order chi connectivity index (χ1) is 11.5. The van der Waals surface area contributed by atoms with Gasteiger partial charge >= 0.3 is 0 Å². The molecule has 3 rings (SSSR count). The summed E-state index contributed by atoms with van der Waals surface area (Å²) in [5, 5.41) is 0. The molecule has 0 saturated heterocycles. The minimum atomic E-state index is -3.71. The van der Waals surface area contributed by atoms with Gasteiger partial charge in [0.15, 0.2) is 0 Å². The number of hydrogen-bond donors (Lipinski definition) is 1. The highest BCUT2D eigenvalue weighted by Gasteiger charge is 2.16. The second-order valence-electron chi connectivity index (χ2n) is 5.43. The molecule has 0 bridgehead atoms. The lowest BCUT2D eigenvalue weighted by Crippen LogP contribution is -2.13. The number of anilines is 1. The lowest BCUT2D eigenvalue weighted by Gasteiger charge is -2.13. The predicted octanol–water partition coefficient (Wildman–Crippen LogP) is 4.60. The van der Waals surface area contributed by atoms with Crippen molar-refractivity contribution in [2.45, 2.75) is 11.8 Å². The summed E-state index contributed by atoms with van der Waals surface area (Å²) < 4.78 is 41.5. The topological polar surface area (TPSA) is 46.2 Å². The summed E-state index contributed by atoms with van der Waals surface area (Å²) >= 11 is 0. The van der Waals surface area contributed by atoms with Crippen LogP contribution in [0, 0.1) is 12.7 Å². The van der Waals surface area contributed by atoms with Gasteiger partial charge in [-0.15, -0.1) is 0 Å². The Morgan fingerprint density at radius 2 is 1.54 bits per heavy atom. The Morgan fingerprint density at radius 1 is 0.875 bits per heavy atom. The lowest BCUT2D eigenvalue weighted by atomic mass is 10.0. The highest BCUT2D eigenvalue weighted by Crippen LogP contribution is 2.30. The van der Waals surface area contributed by atoms with E-state index in [2.05, 4.69) is 4.72 Å². The van der Waals surface area contributed by atoms with Crippen molar-refractivity contribution in [1.82, 2.24) is 0 Å². The second kappa shape index (κ2) is 6.45. The fourth-order valence-electron chi connectivity index (χ4n) is 2.39. The van der Waals surface area contributed by atoms with Crippen LogP contribution in [0.1, 0.15) is 5.56 Å². The molecular weight excluding hydrogens is 325 g/mol. The number of nitrogens with one attached hydrogen (secondary N) is 1. The third-order valence-corrected chi connectivity index (χ3v) is 5.09. The van der Waals surface area contributed by atoms with Gasteiger partial charge < -0.3 is 0 Å². The molecule has 0 aromatic heterocycles. The van der Waals surface area contributed by atoms with E-state index in [1.807, 2.05) is 0 Å². The van der Waals surface area contributed by atoms with Gasteiger partial charge in [-0.2, -0.15) is 0 Å². The summed E-state index contributed by atoms with van der Waals surface area (Å²) in [7, 11) is -3.71. The van der Waals surface area contributed by atoms with E-state index in [1.54, 1.807) is 61.5 Å². The lowest BCUT2D eigenvalue weighted by molar-refractivity contribution is 0.601. The van der Waals surface area contributed by atoms with Crippen LogP contribution >= 0.6 is 0 Å². The first-order valence-corrected chi connectivity index (χ1v) is 8.89. The molecule has 0 aliphatic rings. The Kier molecular flexibility index (Phi) is 4.36. The van der Waals surface area contributed by atoms with Crippen LogP contribution in [0.4, 0.5) is 10.1 Å². The summed E-state index contributed by atoms with van der Waals surface area (Å²) in [6.45, 7) is 1.68. The van der Waals surface area contributed by atoms with E-state index in [9.17, 15) is 12.8 Å². The number of aryl methyl sites for hydroxylation is 1. The Bertz CT molecular complexity index is 970. The van der Waals surface area contributed by atoms with Crippen LogP contribution in [-0.4, -0.2) is 8.42 Å². The third-order valence-electron chi connectivity index (χ3n) is 3.71. The smallest absolute Gasteiger partial charge is 0.261 e. The maximum Gasteiger partial charge on any atom is 0.261 e. The first kappa shape index (κ1) is 16.2. The van der Waals surface area contributed by atoms with Gasteiger partial charge in [0.1, 0.15) is 5.82 Å². The van der Waals surface area contributed by atoms with Gasteiger partial charge in [0, 0.05) is 5.56 Å². The Morgan fingerprint density at radius 3 is 2.25 bits per heavy atom. The van der Waals surface area contributed by atoms with Gasteiger partial charge in [-0.25, -0.2) is 12.8 Å².